The van der Waals surface area contributed by atoms with Crippen molar-refractivity contribution < 1.29 is 9.18 Å². The number of nitrogens with zero attached hydrogens (tertiary/aromatic N) is 2. The molecular weight excluding hydrogens is 329 g/mol. The lowest BCUT2D eigenvalue weighted by atomic mass is 9.93. The Balaban J connectivity index is 1.25. The highest BCUT2D eigenvalue weighted by Crippen LogP contribution is 2.26. The van der Waals surface area contributed by atoms with Gasteiger partial charge < -0.3 is 5.32 Å². The molecule has 1 aliphatic carbocycles. The second-order valence-corrected chi connectivity index (χ2v) is 8.25. The van der Waals surface area contributed by atoms with Gasteiger partial charge in [-0.25, -0.2) is 4.39 Å². The Labute approximate surface area is 155 Å². The van der Waals surface area contributed by atoms with Gasteiger partial charge in [0.05, 0.1) is 5.92 Å². The lowest BCUT2D eigenvalue weighted by molar-refractivity contribution is -0.127. The zero-order valence-corrected chi connectivity index (χ0v) is 15.5. The van der Waals surface area contributed by atoms with Crippen molar-refractivity contribution in [2.75, 3.05) is 26.2 Å². The molecule has 1 aromatic carbocycles. The molecule has 4 nitrogen and oxygen atoms in total. The van der Waals surface area contributed by atoms with E-state index in [1.807, 2.05) is 6.07 Å². The van der Waals surface area contributed by atoms with Gasteiger partial charge in [-0.3, -0.25) is 14.6 Å². The molecule has 1 atom stereocenters. The number of amides is 1. The smallest absolute Gasteiger partial charge is 0.224 e. The Hall–Kier alpha value is -1.46. The maximum atomic E-state index is 13.4. The first-order valence-corrected chi connectivity index (χ1v) is 10.2. The molecule has 26 heavy (non-hydrogen) atoms. The van der Waals surface area contributed by atoms with E-state index >= 15 is 0 Å². The second kappa shape index (κ2) is 8.05. The van der Waals surface area contributed by atoms with E-state index in [4.69, 9.17) is 0 Å². The number of likely N-dealkylation sites (tertiary alicyclic amines) is 2. The molecule has 0 aromatic heterocycles. The molecule has 2 saturated heterocycles. The van der Waals surface area contributed by atoms with Crippen LogP contribution in [0, 0.1) is 11.7 Å². The predicted molar refractivity (Wildman–Crippen MR) is 100 cm³/mol. The van der Waals surface area contributed by atoms with E-state index in [0.29, 0.717) is 12.1 Å². The third kappa shape index (κ3) is 4.63. The van der Waals surface area contributed by atoms with Gasteiger partial charge >= 0.3 is 0 Å². The average molecular weight is 359 g/mol. The third-order valence-electron chi connectivity index (χ3n) is 6.12. The topological polar surface area (TPSA) is 35.6 Å². The van der Waals surface area contributed by atoms with E-state index in [1.165, 1.54) is 6.07 Å². The molecule has 1 amide bonds. The van der Waals surface area contributed by atoms with Crippen LogP contribution in [-0.4, -0.2) is 54.0 Å². The Bertz CT molecular complexity index is 625. The first-order valence-electron chi connectivity index (χ1n) is 10.2. The minimum Gasteiger partial charge on any atom is -0.353 e. The lowest BCUT2D eigenvalue weighted by Gasteiger charge is -2.42. The zero-order valence-electron chi connectivity index (χ0n) is 15.5. The number of nitrogens with one attached hydrogen (secondary N) is 1. The van der Waals surface area contributed by atoms with E-state index in [1.54, 1.807) is 12.1 Å². The molecule has 5 heteroatoms. The predicted octanol–water partition coefficient (Wildman–Crippen LogP) is 2.78. The molecule has 2 heterocycles. The molecule has 1 saturated carbocycles. The van der Waals surface area contributed by atoms with Gasteiger partial charge in [-0.2, -0.15) is 0 Å². The van der Waals surface area contributed by atoms with Crippen molar-refractivity contribution in [3.8, 4) is 0 Å². The Morgan fingerprint density at radius 1 is 1.12 bits per heavy atom. The molecular formula is C21H30FN3O. The van der Waals surface area contributed by atoms with Crippen molar-refractivity contribution in [1.29, 1.82) is 0 Å². The molecule has 1 N–H and O–H groups in total. The normalized spacial score (nSPS) is 26.0. The highest BCUT2D eigenvalue weighted by atomic mass is 19.1. The summed E-state index contributed by atoms with van der Waals surface area (Å²) in [5, 5.41) is 3.18. The van der Waals surface area contributed by atoms with Crippen LogP contribution in [0.2, 0.25) is 0 Å². The summed E-state index contributed by atoms with van der Waals surface area (Å²) in [5.41, 5.74) is 1.05. The number of carbonyl (C=O) groups excluding carboxylic acids is 1. The largest absolute Gasteiger partial charge is 0.353 e. The summed E-state index contributed by atoms with van der Waals surface area (Å²) >= 11 is 0. The molecule has 142 valence electrons. The highest BCUT2D eigenvalue weighted by Gasteiger charge is 2.33. The monoisotopic (exact) mass is 359 g/mol. The first kappa shape index (κ1) is 17.9. The average Bonchev–Trinajstić information content (AvgIpc) is 3.46. The van der Waals surface area contributed by atoms with Crippen LogP contribution >= 0.6 is 0 Å². The quantitative estimate of drug-likeness (QED) is 0.878. The maximum absolute atomic E-state index is 13.4. The molecule has 4 rings (SSSR count). The Morgan fingerprint density at radius 2 is 1.92 bits per heavy atom. The van der Waals surface area contributed by atoms with Gasteiger partial charge in [-0.1, -0.05) is 12.1 Å². The second-order valence-electron chi connectivity index (χ2n) is 8.25. The van der Waals surface area contributed by atoms with Crippen molar-refractivity contribution in [2.45, 2.75) is 57.2 Å². The van der Waals surface area contributed by atoms with E-state index in [9.17, 15) is 9.18 Å². The van der Waals surface area contributed by atoms with Crippen molar-refractivity contribution in [2.24, 2.45) is 5.92 Å². The van der Waals surface area contributed by atoms with Crippen molar-refractivity contribution in [1.82, 2.24) is 15.1 Å². The van der Waals surface area contributed by atoms with Crippen molar-refractivity contribution >= 4 is 5.91 Å². The zero-order chi connectivity index (χ0) is 17.9. The van der Waals surface area contributed by atoms with Gasteiger partial charge in [0.1, 0.15) is 5.82 Å². The summed E-state index contributed by atoms with van der Waals surface area (Å²) in [5.74, 6) is 0.302. The van der Waals surface area contributed by atoms with Crippen LogP contribution in [0.15, 0.2) is 24.3 Å². The van der Waals surface area contributed by atoms with E-state index in [-0.39, 0.29) is 17.6 Å². The molecule has 1 unspecified atom stereocenters. The van der Waals surface area contributed by atoms with Crippen LogP contribution in [0.25, 0.3) is 0 Å². The number of hydrogen-bond acceptors (Lipinski definition) is 3. The molecule has 0 radical (unpaired) electrons. The van der Waals surface area contributed by atoms with Gasteiger partial charge in [0.25, 0.3) is 0 Å². The van der Waals surface area contributed by atoms with Gasteiger partial charge in [0.2, 0.25) is 5.91 Å². The van der Waals surface area contributed by atoms with E-state index < -0.39 is 0 Å². The molecule has 2 aliphatic heterocycles. The molecule has 0 spiro atoms. The van der Waals surface area contributed by atoms with Gasteiger partial charge in [-0.05, 0) is 75.9 Å². The lowest BCUT2D eigenvalue weighted by Crippen LogP contribution is -2.50. The maximum Gasteiger partial charge on any atom is 0.224 e. The number of hydrogen-bond donors (Lipinski definition) is 1. The summed E-state index contributed by atoms with van der Waals surface area (Å²) in [6.45, 7) is 4.99. The van der Waals surface area contributed by atoms with E-state index in [2.05, 4.69) is 15.1 Å². The third-order valence-corrected chi connectivity index (χ3v) is 6.12. The van der Waals surface area contributed by atoms with Crippen molar-refractivity contribution in [3.05, 3.63) is 35.6 Å². The number of halogens is 1. The van der Waals surface area contributed by atoms with Crippen LogP contribution in [0.5, 0.6) is 0 Å². The summed E-state index contributed by atoms with van der Waals surface area (Å²) in [6, 6.07) is 7.99. The summed E-state index contributed by atoms with van der Waals surface area (Å²) in [7, 11) is 0. The molecule has 1 aromatic rings. The summed E-state index contributed by atoms with van der Waals surface area (Å²) < 4.78 is 13.4. The van der Waals surface area contributed by atoms with Crippen LogP contribution < -0.4 is 5.32 Å². The highest BCUT2D eigenvalue weighted by molar-refractivity contribution is 5.79. The number of carbonyl (C=O) groups is 1. The number of rotatable bonds is 5. The fraction of sp³-hybridized carbons (Fsp3) is 0.667. The summed E-state index contributed by atoms with van der Waals surface area (Å²) in [4.78, 5) is 17.4. The summed E-state index contributed by atoms with van der Waals surface area (Å²) in [6.07, 6.45) is 6.77. The molecule has 3 fully saturated rings. The van der Waals surface area contributed by atoms with Crippen molar-refractivity contribution in [3.63, 3.8) is 0 Å². The van der Waals surface area contributed by atoms with E-state index in [0.717, 1.165) is 76.8 Å². The minimum atomic E-state index is -0.152. The fourth-order valence-electron chi connectivity index (χ4n) is 4.43. The van der Waals surface area contributed by atoms with Gasteiger partial charge in [-0.15, -0.1) is 0 Å². The molecule has 3 aliphatic rings. The molecule has 0 bridgehead atoms. The van der Waals surface area contributed by atoms with Crippen LogP contribution in [-0.2, 0) is 11.3 Å². The number of benzene rings is 1. The van der Waals surface area contributed by atoms with Gasteiger partial charge in [0, 0.05) is 25.2 Å². The minimum absolute atomic E-state index is 0.152. The van der Waals surface area contributed by atoms with Gasteiger partial charge in [0.15, 0.2) is 0 Å². The standard InChI is InChI=1S/C21H30FN3O/c22-18-5-1-3-16(13-18)14-24-11-8-20(9-12-24)25-10-2-4-17(15-25)21(26)23-19-6-7-19/h1,3,5,13,17,19-20H,2,4,6-12,14-15H2,(H,23,26). The van der Waals surface area contributed by atoms with Crippen LogP contribution in [0.3, 0.4) is 0 Å². The Morgan fingerprint density at radius 3 is 2.65 bits per heavy atom. The Kier molecular flexibility index (Phi) is 5.55. The first-order chi connectivity index (χ1) is 12.7. The van der Waals surface area contributed by atoms with Crippen LogP contribution in [0.4, 0.5) is 4.39 Å². The SMILES string of the molecule is O=C(NC1CC1)C1CCCN(C2CCN(Cc3cccc(F)c3)CC2)C1. The van der Waals surface area contributed by atoms with Crippen LogP contribution in [0.1, 0.15) is 44.1 Å². The fourth-order valence-corrected chi connectivity index (χ4v) is 4.43. The number of piperidine rings is 2.